The van der Waals surface area contributed by atoms with Gasteiger partial charge in [-0.25, -0.2) is 0 Å². The van der Waals surface area contributed by atoms with Gasteiger partial charge in [-0.3, -0.25) is 9.69 Å². The summed E-state index contributed by atoms with van der Waals surface area (Å²) in [4.78, 5) is 22.6. The quantitative estimate of drug-likeness (QED) is 0.456. The molecule has 4 rings (SSSR count). The van der Waals surface area contributed by atoms with Crippen LogP contribution in [0.25, 0.3) is 0 Å². The second-order valence-electron chi connectivity index (χ2n) is 8.15. The number of nitrogen functional groups attached to an aromatic ring is 1. The highest BCUT2D eigenvalue weighted by Gasteiger charge is 2.20. The topological polar surface area (TPSA) is 96.3 Å². The van der Waals surface area contributed by atoms with E-state index in [1.54, 1.807) is 6.07 Å². The molecular weight excluding hydrogens is 402 g/mol. The highest BCUT2D eigenvalue weighted by Crippen LogP contribution is 2.24. The van der Waals surface area contributed by atoms with Gasteiger partial charge < -0.3 is 20.8 Å². The Bertz CT molecular complexity index is 1060. The number of benzene rings is 2. The number of aromatic nitrogens is 2. The fourth-order valence-corrected chi connectivity index (χ4v) is 4.04. The molecule has 2 heterocycles. The molecular formula is C25H31N5O2. The van der Waals surface area contributed by atoms with Gasteiger partial charge in [-0.1, -0.05) is 32.0 Å². The van der Waals surface area contributed by atoms with E-state index < -0.39 is 0 Å². The van der Waals surface area contributed by atoms with Gasteiger partial charge >= 0.3 is 0 Å². The van der Waals surface area contributed by atoms with Crippen molar-refractivity contribution in [2.75, 3.05) is 30.7 Å². The maximum atomic E-state index is 12.9. The van der Waals surface area contributed by atoms with Crippen LogP contribution in [0, 0.1) is 0 Å². The van der Waals surface area contributed by atoms with Crippen molar-refractivity contribution in [3.63, 3.8) is 0 Å². The number of rotatable bonds is 8. The number of likely N-dealkylation sites (N-methyl/N-ethyl adjacent to an activating group) is 1. The Hall–Kier alpha value is -3.32. The van der Waals surface area contributed by atoms with Gasteiger partial charge in [0.1, 0.15) is 17.5 Å². The number of nitrogens with one attached hydrogen (secondary N) is 2. The fourth-order valence-electron chi connectivity index (χ4n) is 4.04. The van der Waals surface area contributed by atoms with Gasteiger partial charge in [-0.15, -0.1) is 0 Å². The summed E-state index contributed by atoms with van der Waals surface area (Å²) < 4.78 is 6.16. The molecule has 0 aliphatic carbocycles. The van der Waals surface area contributed by atoms with Gasteiger partial charge in [0.15, 0.2) is 5.82 Å². The van der Waals surface area contributed by atoms with E-state index in [9.17, 15) is 4.79 Å². The second kappa shape index (κ2) is 9.87. The first-order valence-electron chi connectivity index (χ1n) is 11.3. The van der Waals surface area contributed by atoms with Crippen LogP contribution in [0.3, 0.4) is 0 Å². The van der Waals surface area contributed by atoms with Crippen LogP contribution in [-0.2, 0) is 6.42 Å². The highest BCUT2D eigenvalue weighted by atomic mass is 16.5. The molecule has 7 nitrogen and oxygen atoms in total. The lowest BCUT2D eigenvalue weighted by Gasteiger charge is -2.32. The normalized spacial score (nSPS) is 16.6. The van der Waals surface area contributed by atoms with Gasteiger partial charge in [0.25, 0.3) is 0 Å². The number of likely N-dealkylation sites (tertiary alicyclic amines) is 1. The molecule has 168 valence electrons. The number of nitrogens with two attached hydrogens (primary N) is 1. The van der Waals surface area contributed by atoms with E-state index in [1.165, 1.54) is 6.42 Å². The predicted molar refractivity (Wildman–Crippen MR) is 128 cm³/mol. The second-order valence-corrected chi connectivity index (χ2v) is 8.15. The number of hydrogen-bond acceptors (Lipinski definition) is 6. The number of ether oxygens (including phenoxy) is 1. The van der Waals surface area contributed by atoms with Crippen molar-refractivity contribution >= 4 is 23.2 Å². The van der Waals surface area contributed by atoms with Gasteiger partial charge in [-0.05, 0) is 68.2 Å². The summed E-state index contributed by atoms with van der Waals surface area (Å²) in [6, 6.07) is 15.3. The number of aromatic amines is 1. The van der Waals surface area contributed by atoms with Crippen molar-refractivity contribution in [2.24, 2.45) is 0 Å². The Morgan fingerprint density at radius 2 is 2.06 bits per heavy atom. The third kappa shape index (κ3) is 5.11. The van der Waals surface area contributed by atoms with E-state index in [0.29, 0.717) is 17.2 Å². The van der Waals surface area contributed by atoms with Crippen LogP contribution in [0.1, 0.15) is 48.3 Å². The zero-order chi connectivity index (χ0) is 22.5. The van der Waals surface area contributed by atoms with Gasteiger partial charge in [0.2, 0.25) is 11.7 Å². The first kappa shape index (κ1) is 21.9. The Kier molecular flexibility index (Phi) is 6.75. The van der Waals surface area contributed by atoms with Crippen LogP contribution in [-0.4, -0.2) is 46.4 Å². The number of hydrogen-bond donors (Lipinski definition) is 3. The van der Waals surface area contributed by atoms with Crippen molar-refractivity contribution < 1.29 is 9.53 Å². The molecule has 0 spiro atoms. The third-order valence-corrected chi connectivity index (χ3v) is 5.89. The number of carbonyl (C=O) groups is 1. The van der Waals surface area contributed by atoms with E-state index in [-0.39, 0.29) is 17.7 Å². The number of piperidine rings is 1. The average Bonchev–Trinajstić information content (AvgIpc) is 3.19. The number of imidazole rings is 1. The summed E-state index contributed by atoms with van der Waals surface area (Å²) >= 11 is 0. The van der Waals surface area contributed by atoms with Crippen molar-refractivity contribution in [1.82, 2.24) is 14.9 Å². The van der Waals surface area contributed by atoms with Crippen LogP contribution in [0.4, 0.5) is 17.5 Å². The summed E-state index contributed by atoms with van der Waals surface area (Å²) in [5.74, 6) is 1.29. The van der Waals surface area contributed by atoms with E-state index in [1.807, 2.05) is 42.5 Å². The minimum Gasteiger partial charge on any atom is -0.489 e. The molecule has 32 heavy (non-hydrogen) atoms. The molecule has 7 heteroatoms. The Labute approximate surface area is 189 Å². The van der Waals surface area contributed by atoms with E-state index in [0.717, 1.165) is 49.5 Å². The molecule has 1 atom stereocenters. The molecule has 1 saturated heterocycles. The molecule has 1 aromatic heterocycles. The number of anilines is 3. The lowest BCUT2D eigenvalue weighted by molar-refractivity contribution is 0.0920. The molecule has 0 radical (unpaired) electrons. The van der Waals surface area contributed by atoms with Crippen LogP contribution < -0.4 is 15.8 Å². The van der Waals surface area contributed by atoms with E-state index >= 15 is 0 Å². The Morgan fingerprint density at radius 1 is 1.25 bits per heavy atom. The summed E-state index contributed by atoms with van der Waals surface area (Å²) in [5.41, 5.74) is 8.84. The van der Waals surface area contributed by atoms with Crippen LogP contribution in [0.2, 0.25) is 0 Å². The molecule has 0 amide bonds. The zero-order valence-electron chi connectivity index (χ0n) is 18.7. The molecule has 4 N–H and O–H groups in total. The molecule has 0 bridgehead atoms. The molecule has 1 unspecified atom stereocenters. The predicted octanol–water partition coefficient (Wildman–Crippen LogP) is 4.39. The van der Waals surface area contributed by atoms with Crippen LogP contribution in [0.5, 0.6) is 5.75 Å². The Balaban J connectivity index is 1.41. The van der Waals surface area contributed by atoms with Crippen molar-refractivity contribution in [3.8, 4) is 5.75 Å². The van der Waals surface area contributed by atoms with Gasteiger partial charge in [0, 0.05) is 17.8 Å². The SMILES string of the molecule is CCc1cccc(C(=O)c2[nH]c(Nc3ccc(OC4CCCN(CC)C4)cc3)nc2N)c1. The van der Waals surface area contributed by atoms with Crippen LogP contribution in [0.15, 0.2) is 48.5 Å². The minimum atomic E-state index is -0.171. The highest BCUT2D eigenvalue weighted by molar-refractivity contribution is 6.10. The molecule has 2 aromatic carbocycles. The fraction of sp³-hybridized carbons (Fsp3) is 0.360. The molecule has 1 fully saturated rings. The maximum absolute atomic E-state index is 12.9. The lowest BCUT2D eigenvalue weighted by Crippen LogP contribution is -2.40. The first-order valence-corrected chi connectivity index (χ1v) is 11.3. The molecule has 3 aromatic rings. The molecule has 0 saturated carbocycles. The standard InChI is InChI=1S/C25H31N5O2/c1-3-17-7-5-8-18(15-17)23(31)22-24(26)29-25(28-22)27-19-10-12-20(13-11-19)32-21-9-6-14-30(4-2)16-21/h5,7-8,10-13,15,21H,3-4,6,9,14,16,26H2,1-2H3,(H2,27,28,29). The largest absolute Gasteiger partial charge is 0.489 e. The van der Waals surface area contributed by atoms with Crippen LogP contribution >= 0.6 is 0 Å². The van der Waals surface area contributed by atoms with E-state index in [2.05, 4.69) is 34.0 Å². The third-order valence-electron chi connectivity index (χ3n) is 5.89. The number of H-pyrrole nitrogens is 1. The first-order chi connectivity index (χ1) is 15.6. The van der Waals surface area contributed by atoms with Crippen molar-refractivity contribution in [2.45, 2.75) is 39.2 Å². The number of carbonyl (C=O) groups excluding carboxylic acids is 1. The summed E-state index contributed by atoms with van der Waals surface area (Å²) in [7, 11) is 0. The monoisotopic (exact) mass is 433 g/mol. The van der Waals surface area contributed by atoms with Gasteiger partial charge in [0.05, 0.1) is 0 Å². The van der Waals surface area contributed by atoms with Crippen molar-refractivity contribution in [3.05, 3.63) is 65.4 Å². The molecule has 1 aliphatic rings. The van der Waals surface area contributed by atoms with Crippen molar-refractivity contribution in [1.29, 1.82) is 0 Å². The number of aryl methyl sites for hydroxylation is 1. The molecule has 1 aliphatic heterocycles. The van der Waals surface area contributed by atoms with E-state index in [4.69, 9.17) is 10.5 Å². The number of ketones is 1. The minimum absolute atomic E-state index is 0.171. The average molecular weight is 434 g/mol. The lowest BCUT2D eigenvalue weighted by atomic mass is 10.0. The number of nitrogens with zero attached hydrogens (tertiary/aromatic N) is 2. The van der Waals surface area contributed by atoms with Gasteiger partial charge in [-0.2, -0.15) is 4.98 Å². The summed E-state index contributed by atoms with van der Waals surface area (Å²) in [5, 5.41) is 3.18. The summed E-state index contributed by atoms with van der Waals surface area (Å²) in [6.07, 6.45) is 3.35. The smallest absolute Gasteiger partial charge is 0.213 e. The Morgan fingerprint density at radius 3 is 2.81 bits per heavy atom. The maximum Gasteiger partial charge on any atom is 0.213 e. The summed E-state index contributed by atoms with van der Waals surface area (Å²) in [6.45, 7) is 7.43. The zero-order valence-corrected chi connectivity index (χ0v) is 18.7.